The molecule has 436 valence electrons. The highest BCUT2D eigenvalue weighted by molar-refractivity contribution is 5.60. The lowest BCUT2D eigenvalue weighted by molar-refractivity contribution is 0.974. The molecule has 0 saturated carbocycles. The fourth-order valence-electron chi connectivity index (χ4n) is 6.95. The zero-order valence-corrected chi connectivity index (χ0v) is 50.8. The van der Waals surface area contributed by atoms with Gasteiger partial charge in [0.25, 0.3) is 0 Å². The summed E-state index contributed by atoms with van der Waals surface area (Å²) in [6, 6.07) is 63.4. The molecule has 15 nitrogen and oxygen atoms in total. The zero-order chi connectivity index (χ0) is 61.9. The van der Waals surface area contributed by atoms with Crippen LogP contribution in [0.25, 0.3) is 45.2 Å². The van der Waals surface area contributed by atoms with Gasteiger partial charge < -0.3 is 0 Å². The summed E-state index contributed by atoms with van der Waals surface area (Å²) in [4.78, 5) is 60.5. The minimum absolute atomic E-state index is 0.759. The highest BCUT2D eigenvalue weighted by Crippen LogP contribution is 2.18. The molecule has 0 aliphatic heterocycles. The molecule has 0 amide bonds. The Balaban J connectivity index is 0.000000181. The SMILES string of the molecule is Cc1cccc(-c2ccccc2)n1.Cc1cccc(-c2ccccn2)n1.Cc1cccc(-c2cccnc2)n1.Cc1cccc(-c2ccncc2)n1.Cc1ccccn1.Cc1cccnc1.Cc1ccncc1.Cc1ncccn1.Cc1ncncn1. The minimum atomic E-state index is 0.759. The first-order valence-corrected chi connectivity index (χ1v) is 27.9. The minimum Gasteiger partial charge on any atom is -0.265 e. The molecule has 0 fully saturated rings. The van der Waals surface area contributed by atoms with Crippen molar-refractivity contribution in [2.45, 2.75) is 62.3 Å². The summed E-state index contributed by atoms with van der Waals surface area (Å²) in [6.45, 7) is 17.7. The first-order chi connectivity index (χ1) is 42.4. The largest absolute Gasteiger partial charge is 0.265 e. The molecule has 12 heterocycles. The van der Waals surface area contributed by atoms with E-state index < -0.39 is 0 Å². The third-order valence-corrected chi connectivity index (χ3v) is 11.3. The molecule has 13 rings (SSSR count). The molecule has 0 radical (unpaired) electrons. The number of nitrogens with zero attached hydrogens (tertiary/aromatic N) is 15. The molecule has 0 spiro atoms. The Morgan fingerprint density at radius 3 is 0.989 bits per heavy atom. The lowest BCUT2D eigenvalue weighted by atomic mass is 10.1. The predicted molar refractivity (Wildman–Crippen MR) is 349 cm³/mol. The number of hydrogen-bond donors (Lipinski definition) is 0. The number of pyridine rings is 10. The van der Waals surface area contributed by atoms with Crippen molar-refractivity contribution in [1.29, 1.82) is 0 Å². The molecular weight excluding hydrogens is 1070 g/mol. The second kappa shape index (κ2) is 40.1. The van der Waals surface area contributed by atoms with Gasteiger partial charge in [-0.3, -0.25) is 49.8 Å². The van der Waals surface area contributed by atoms with Gasteiger partial charge in [-0.1, -0.05) is 72.8 Å². The van der Waals surface area contributed by atoms with Gasteiger partial charge in [-0.2, -0.15) is 0 Å². The van der Waals surface area contributed by atoms with E-state index >= 15 is 0 Å². The highest BCUT2D eigenvalue weighted by atomic mass is 15.0. The maximum absolute atomic E-state index is 4.44. The molecule has 1 aromatic carbocycles. The van der Waals surface area contributed by atoms with Crippen LogP contribution in [0.3, 0.4) is 0 Å². The smallest absolute Gasteiger partial charge is 0.128 e. The number of aryl methyl sites for hydroxylation is 9. The van der Waals surface area contributed by atoms with Crippen LogP contribution in [0.2, 0.25) is 0 Å². The summed E-state index contributed by atoms with van der Waals surface area (Å²) in [5.41, 5.74) is 15.9. The number of benzene rings is 1. The lowest BCUT2D eigenvalue weighted by Gasteiger charge is -2.00. The van der Waals surface area contributed by atoms with Crippen molar-refractivity contribution in [3.05, 3.63) is 332 Å². The Kier molecular flexibility index (Phi) is 30.7. The summed E-state index contributed by atoms with van der Waals surface area (Å²) < 4.78 is 0. The van der Waals surface area contributed by atoms with E-state index in [9.17, 15) is 0 Å². The first kappa shape index (κ1) is 66.6. The van der Waals surface area contributed by atoms with Gasteiger partial charge in [0.2, 0.25) is 0 Å². The van der Waals surface area contributed by atoms with E-state index in [1.165, 1.54) is 29.3 Å². The fourth-order valence-corrected chi connectivity index (χ4v) is 6.95. The van der Waals surface area contributed by atoms with E-state index in [1.54, 1.807) is 68.0 Å². The Morgan fingerprint density at radius 2 is 0.621 bits per heavy atom. The average Bonchev–Trinajstić information content (AvgIpc) is 3.71. The van der Waals surface area contributed by atoms with Crippen LogP contribution in [0.4, 0.5) is 0 Å². The van der Waals surface area contributed by atoms with Crippen LogP contribution in [0, 0.1) is 62.3 Å². The van der Waals surface area contributed by atoms with Crippen molar-refractivity contribution in [3.8, 4) is 45.2 Å². The monoisotopic (exact) mass is 1150 g/mol. The van der Waals surface area contributed by atoms with Crippen LogP contribution >= 0.6 is 0 Å². The zero-order valence-electron chi connectivity index (χ0n) is 50.8. The third-order valence-electron chi connectivity index (χ3n) is 11.3. The van der Waals surface area contributed by atoms with Crippen molar-refractivity contribution in [1.82, 2.24) is 74.8 Å². The van der Waals surface area contributed by atoms with Crippen molar-refractivity contribution in [3.63, 3.8) is 0 Å². The molecule has 0 unspecified atom stereocenters. The number of rotatable bonds is 4. The van der Waals surface area contributed by atoms with Gasteiger partial charge in [-0.05, 0) is 195 Å². The number of hydrogen-bond acceptors (Lipinski definition) is 15. The van der Waals surface area contributed by atoms with Crippen LogP contribution in [-0.4, -0.2) is 74.8 Å². The molecule has 15 heteroatoms. The van der Waals surface area contributed by atoms with Crippen molar-refractivity contribution >= 4 is 0 Å². The van der Waals surface area contributed by atoms with Crippen molar-refractivity contribution in [2.75, 3.05) is 0 Å². The molecule has 12 aromatic heterocycles. The first-order valence-electron chi connectivity index (χ1n) is 27.9. The molecule has 0 bridgehead atoms. The van der Waals surface area contributed by atoms with Gasteiger partial charge in [-0.15, -0.1) is 0 Å². The Hall–Kier alpha value is -11.2. The average molecular weight is 1150 g/mol. The molecule has 0 N–H and O–H groups in total. The van der Waals surface area contributed by atoms with E-state index in [1.807, 2.05) is 251 Å². The fraction of sp³-hybridized carbons (Fsp3) is 0.125. The Bertz CT molecular complexity index is 3290. The summed E-state index contributed by atoms with van der Waals surface area (Å²) in [7, 11) is 0. The maximum Gasteiger partial charge on any atom is 0.128 e. The van der Waals surface area contributed by atoms with Gasteiger partial charge >= 0.3 is 0 Å². The molecule has 0 saturated heterocycles. The molecule has 13 aromatic rings. The predicted octanol–water partition coefficient (Wildman–Crippen LogP) is 15.5. The van der Waals surface area contributed by atoms with E-state index in [2.05, 4.69) is 86.9 Å². The van der Waals surface area contributed by atoms with E-state index in [4.69, 9.17) is 0 Å². The van der Waals surface area contributed by atoms with Crippen molar-refractivity contribution < 1.29 is 0 Å². The summed E-state index contributed by atoms with van der Waals surface area (Å²) in [5.74, 6) is 1.58. The van der Waals surface area contributed by atoms with Crippen LogP contribution in [0.1, 0.15) is 51.2 Å². The van der Waals surface area contributed by atoms with Crippen LogP contribution in [0.5, 0.6) is 0 Å². The summed E-state index contributed by atoms with van der Waals surface area (Å²) >= 11 is 0. The molecular formula is C72H73N15. The lowest BCUT2D eigenvalue weighted by Crippen LogP contribution is -1.87. The Labute approximate surface area is 512 Å². The van der Waals surface area contributed by atoms with Crippen LogP contribution in [0.15, 0.2) is 281 Å². The van der Waals surface area contributed by atoms with Crippen LogP contribution < -0.4 is 0 Å². The standard InChI is InChI=1S/C12H11N.3C11H10N2.3C6H7N.C5H6N2.C4H5N3/c1-10-6-5-9-12(13-10)11-7-3-2-4-8-11;1-9-4-2-6-11(13-9)10-5-3-7-12-8-10;1-9-5-4-7-11(13-9)10-6-2-3-8-12-10;1-9-3-2-4-11(13-9)10-5-7-12-8-6-10;1-6-2-4-7-5-3-6;1-6-3-2-4-7-5-6;1-6-4-2-3-5-7-6;1-5-6-3-2-4-7-5;1-4-6-2-5-3-7-4/h2-9H,1H3;3*2-8H,1H3;3*2-5H,1H3;2-4H,1H3;2-3H,1H3. The molecule has 0 atom stereocenters. The van der Waals surface area contributed by atoms with E-state index in [-0.39, 0.29) is 0 Å². The normalized spacial score (nSPS) is 9.44. The third kappa shape index (κ3) is 29.1. The molecule has 0 aliphatic carbocycles. The van der Waals surface area contributed by atoms with Crippen LogP contribution in [-0.2, 0) is 0 Å². The second-order valence-corrected chi connectivity index (χ2v) is 18.7. The summed E-state index contributed by atoms with van der Waals surface area (Å²) in [6.07, 6.45) is 24.3. The highest BCUT2D eigenvalue weighted by Gasteiger charge is 2.00. The Morgan fingerprint density at radius 1 is 0.207 bits per heavy atom. The maximum atomic E-state index is 4.44. The second-order valence-electron chi connectivity index (χ2n) is 18.7. The van der Waals surface area contributed by atoms with Gasteiger partial charge in [-0.25, -0.2) is 24.9 Å². The number of aromatic nitrogens is 15. The van der Waals surface area contributed by atoms with Gasteiger partial charge in [0, 0.05) is 120 Å². The molecule has 87 heavy (non-hydrogen) atoms. The van der Waals surface area contributed by atoms with Gasteiger partial charge in [0.15, 0.2) is 0 Å². The summed E-state index contributed by atoms with van der Waals surface area (Å²) in [5, 5.41) is 0. The van der Waals surface area contributed by atoms with Gasteiger partial charge in [0.1, 0.15) is 24.3 Å². The topological polar surface area (TPSA) is 193 Å². The molecule has 0 aliphatic rings. The van der Waals surface area contributed by atoms with Crippen molar-refractivity contribution in [2.24, 2.45) is 0 Å². The quantitative estimate of drug-likeness (QED) is 0.161. The van der Waals surface area contributed by atoms with E-state index in [0.717, 1.165) is 79.7 Å². The van der Waals surface area contributed by atoms with E-state index in [0.29, 0.717) is 0 Å². The van der Waals surface area contributed by atoms with Gasteiger partial charge in [0.05, 0.1) is 28.5 Å².